The first-order chi connectivity index (χ1) is 12.4. The third-order valence-electron chi connectivity index (χ3n) is 5.16. The van der Waals surface area contributed by atoms with Crippen LogP contribution in [0.3, 0.4) is 0 Å². The zero-order valence-electron chi connectivity index (χ0n) is 16.0. The molecule has 0 atom stereocenters. The van der Waals surface area contributed by atoms with Crippen molar-refractivity contribution in [3.8, 4) is 0 Å². The van der Waals surface area contributed by atoms with Crippen LogP contribution in [0.4, 0.5) is 11.6 Å². The summed E-state index contributed by atoms with van der Waals surface area (Å²) in [7, 11) is 2.06. The van der Waals surface area contributed by atoms with E-state index in [1.807, 2.05) is 6.07 Å². The van der Waals surface area contributed by atoms with Crippen LogP contribution >= 0.6 is 27.5 Å². The number of anilines is 2. The monoisotopic (exact) mass is 433 g/mol. The van der Waals surface area contributed by atoms with Crippen LogP contribution in [0.5, 0.6) is 0 Å². The second-order valence-electron chi connectivity index (χ2n) is 6.88. The van der Waals surface area contributed by atoms with Crippen LogP contribution in [0, 0.1) is 13.8 Å². The zero-order valence-corrected chi connectivity index (χ0v) is 18.3. The molecule has 138 valence electrons. The second-order valence-corrected chi connectivity index (χ2v) is 8.20. The van der Waals surface area contributed by atoms with Crippen molar-refractivity contribution in [2.24, 2.45) is 7.05 Å². The smallest absolute Gasteiger partial charge is 0.208 e. The number of aromatic nitrogens is 2. The van der Waals surface area contributed by atoms with E-state index in [0.29, 0.717) is 10.9 Å². The lowest BCUT2D eigenvalue weighted by Crippen LogP contribution is -2.04. The molecule has 3 aromatic rings. The SMILES string of the molecule is CCC(CC)c1ccc(Cl)c2nc(Nc3c(C)cc(Br)cc3C)n(C)c12. The van der Waals surface area contributed by atoms with Crippen LogP contribution in [0.25, 0.3) is 11.0 Å². The quantitative estimate of drug-likeness (QED) is 0.458. The summed E-state index contributed by atoms with van der Waals surface area (Å²) in [6.45, 7) is 8.67. The Bertz CT molecular complexity index is 935. The average Bonchev–Trinajstić information content (AvgIpc) is 2.92. The first kappa shape index (κ1) is 19.2. The summed E-state index contributed by atoms with van der Waals surface area (Å²) in [5.41, 5.74) is 6.76. The van der Waals surface area contributed by atoms with E-state index in [9.17, 15) is 0 Å². The van der Waals surface area contributed by atoms with Gasteiger partial charge in [0.15, 0.2) is 0 Å². The molecule has 0 unspecified atom stereocenters. The van der Waals surface area contributed by atoms with Gasteiger partial charge in [0.25, 0.3) is 0 Å². The van der Waals surface area contributed by atoms with Gasteiger partial charge in [-0.15, -0.1) is 0 Å². The molecule has 0 spiro atoms. The minimum atomic E-state index is 0.508. The van der Waals surface area contributed by atoms with Crippen molar-refractivity contribution in [1.29, 1.82) is 0 Å². The lowest BCUT2D eigenvalue weighted by Gasteiger charge is -2.16. The Morgan fingerprint density at radius 3 is 2.35 bits per heavy atom. The van der Waals surface area contributed by atoms with Gasteiger partial charge in [-0.1, -0.05) is 47.4 Å². The van der Waals surface area contributed by atoms with E-state index in [0.717, 1.165) is 40.0 Å². The highest BCUT2D eigenvalue weighted by molar-refractivity contribution is 9.10. The van der Waals surface area contributed by atoms with Gasteiger partial charge >= 0.3 is 0 Å². The number of nitrogens with zero attached hydrogens (tertiary/aromatic N) is 2. The minimum Gasteiger partial charge on any atom is -0.325 e. The lowest BCUT2D eigenvalue weighted by atomic mass is 9.93. The first-order valence-electron chi connectivity index (χ1n) is 9.05. The van der Waals surface area contributed by atoms with Crippen molar-refractivity contribution >= 4 is 50.2 Å². The van der Waals surface area contributed by atoms with E-state index in [1.54, 1.807) is 0 Å². The molecule has 0 aliphatic carbocycles. The van der Waals surface area contributed by atoms with E-state index >= 15 is 0 Å². The fraction of sp³-hybridized carbons (Fsp3) is 0.381. The van der Waals surface area contributed by atoms with Gasteiger partial charge in [0.05, 0.1) is 10.5 Å². The zero-order chi connectivity index (χ0) is 19.0. The van der Waals surface area contributed by atoms with E-state index in [4.69, 9.17) is 16.6 Å². The topological polar surface area (TPSA) is 29.9 Å². The van der Waals surface area contributed by atoms with Gasteiger partial charge < -0.3 is 9.88 Å². The van der Waals surface area contributed by atoms with E-state index in [1.165, 1.54) is 16.7 Å². The van der Waals surface area contributed by atoms with Crippen molar-refractivity contribution in [2.45, 2.75) is 46.5 Å². The number of halogens is 2. The Hall–Kier alpha value is -1.52. The van der Waals surface area contributed by atoms with Crippen LogP contribution < -0.4 is 5.32 Å². The Kier molecular flexibility index (Phi) is 5.64. The largest absolute Gasteiger partial charge is 0.325 e. The van der Waals surface area contributed by atoms with E-state index in [-0.39, 0.29) is 0 Å². The lowest BCUT2D eigenvalue weighted by molar-refractivity contribution is 0.643. The molecule has 2 aromatic carbocycles. The molecule has 3 nitrogen and oxygen atoms in total. The average molecular weight is 435 g/mol. The molecule has 0 aliphatic heterocycles. The summed E-state index contributed by atoms with van der Waals surface area (Å²) in [4.78, 5) is 4.83. The van der Waals surface area contributed by atoms with Gasteiger partial charge in [-0.3, -0.25) is 0 Å². The molecular weight excluding hydrogens is 410 g/mol. The molecule has 0 saturated heterocycles. The Morgan fingerprint density at radius 1 is 1.15 bits per heavy atom. The van der Waals surface area contributed by atoms with Crippen molar-refractivity contribution in [3.05, 3.63) is 50.5 Å². The van der Waals surface area contributed by atoms with Gasteiger partial charge in [-0.05, 0) is 67.5 Å². The predicted molar refractivity (Wildman–Crippen MR) is 116 cm³/mol. The van der Waals surface area contributed by atoms with E-state index < -0.39 is 0 Å². The molecule has 0 bridgehead atoms. The maximum atomic E-state index is 6.48. The third kappa shape index (κ3) is 3.37. The highest BCUT2D eigenvalue weighted by atomic mass is 79.9. The number of hydrogen-bond acceptors (Lipinski definition) is 2. The first-order valence-corrected chi connectivity index (χ1v) is 10.2. The molecule has 3 rings (SSSR count). The summed E-state index contributed by atoms with van der Waals surface area (Å²) in [6, 6.07) is 8.36. The molecule has 0 radical (unpaired) electrons. The van der Waals surface area contributed by atoms with Crippen molar-refractivity contribution in [1.82, 2.24) is 9.55 Å². The summed E-state index contributed by atoms with van der Waals surface area (Å²) in [6.07, 6.45) is 2.21. The molecule has 1 heterocycles. The summed E-state index contributed by atoms with van der Waals surface area (Å²) < 4.78 is 3.22. The Labute approximate surface area is 168 Å². The summed E-state index contributed by atoms with van der Waals surface area (Å²) in [5.74, 6) is 1.32. The molecular formula is C21H25BrClN3. The number of imidazole rings is 1. The molecule has 1 N–H and O–H groups in total. The molecule has 0 saturated carbocycles. The summed E-state index contributed by atoms with van der Waals surface area (Å²) >= 11 is 10.0. The van der Waals surface area contributed by atoms with Crippen LogP contribution in [0.15, 0.2) is 28.7 Å². The third-order valence-corrected chi connectivity index (χ3v) is 5.93. The maximum Gasteiger partial charge on any atom is 0.208 e. The van der Waals surface area contributed by atoms with Crippen LogP contribution in [-0.2, 0) is 7.05 Å². The summed E-state index contributed by atoms with van der Waals surface area (Å²) in [5, 5.41) is 4.22. The van der Waals surface area contributed by atoms with E-state index in [2.05, 4.69) is 78.8 Å². The predicted octanol–water partition coefficient (Wildman–Crippen LogP) is 7.25. The molecule has 0 amide bonds. The minimum absolute atomic E-state index is 0.508. The highest BCUT2D eigenvalue weighted by Gasteiger charge is 2.19. The highest BCUT2D eigenvalue weighted by Crippen LogP contribution is 2.36. The fourth-order valence-corrected chi connectivity index (χ4v) is 4.59. The van der Waals surface area contributed by atoms with Gasteiger partial charge in [-0.25, -0.2) is 4.98 Å². The van der Waals surface area contributed by atoms with Crippen molar-refractivity contribution in [3.63, 3.8) is 0 Å². The van der Waals surface area contributed by atoms with Gasteiger partial charge in [0.1, 0.15) is 5.52 Å². The molecule has 1 aromatic heterocycles. The van der Waals surface area contributed by atoms with Crippen LogP contribution in [0.2, 0.25) is 5.02 Å². The maximum absolute atomic E-state index is 6.48. The second kappa shape index (κ2) is 7.61. The Balaban J connectivity index is 2.16. The van der Waals surface area contributed by atoms with Crippen LogP contribution in [0.1, 0.15) is 49.3 Å². The molecule has 0 aliphatic rings. The molecule has 0 fully saturated rings. The molecule has 5 heteroatoms. The van der Waals surface area contributed by atoms with Crippen molar-refractivity contribution < 1.29 is 0 Å². The normalized spacial score (nSPS) is 11.5. The van der Waals surface area contributed by atoms with Gasteiger partial charge in [0, 0.05) is 17.2 Å². The number of benzene rings is 2. The number of hydrogen-bond donors (Lipinski definition) is 1. The van der Waals surface area contributed by atoms with Gasteiger partial charge in [-0.2, -0.15) is 0 Å². The fourth-order valence-electron chi connectivity index (χ4n) is 3.71. The number of nitrogens with one attached hydrogen (secondary N) is 1. The van der Waals surface area contributed by atoms with Crippen molar-refractivity contribution in [2.75, 3.05) is 5.32 Å². The standard InChI is InChI=1S/C21H25BrClN3/c1-6-14(7-2)16-8-9-17(23)19-20(16)26(5)21(25-19)24-18-12(3)10-15(22)11-13(18)4/h8-11,14H,6-7H2,1-5H3,(H,24,25). The number of rotatable bonds is 5. The Morgan fingerprint density at radius 2 is 1.77 bits per heavy atom. The molecule has 26 heavy (non-hydrogen) atoms. The number of fused-ring (bicyclic) bond motifs is 1. The van der Waals surface area contributed by atoms with Crippen LogP contribution in [-0.4, -0.2) is 9.55 Å². The van der Waals surface area contributed by atoms with Gasteiger partial charge in [0.2, 0.25) is 5.95 Å². The number of aryl methyl sites for hydroxylation is 3.